The maximum Gasteiger partial charge on any atom is 0.320 e. The molecule has 5 rings (SSSR count). The van der Waals surface area contributed by atoms with Gasteiger partial charge in [0, 0.05) is 61.8 Å². The van der Waals surface area contributed by atoms with Crippen LogP contribution in [-0.2, 0) is 14.4 Å². The minimum Gasteiger partial charge on any atom is -0.494 e. The molecule has 1 saturated heterocycles. The van der Waals surface area contributed by atoms with Crippen molar-refractivity contribution in [2.45, 2.75) is 38.3 Å². The zero-order valence-corrected chi connectivity index (χ0v) is 28.1. The average Bonchev–Trinajstić information content (AvgIpc) is 3.56. The zero-order chi connectivity index (χ0) is 36.8. The number of nitrogens with two attached hydrogens (primary N) is 2. The molecule has 1 fully saturated rings. The van der Waals surface area contributed by atoms with Crippen molar-refractivity contribution in [2.75, 3.05) is 45.2 Å². The second-order valence-electron chi connectivity index (χ2n) is 12.0. The highest BCUT2D eigenvalue weighted by Crippen LogP contribution is 2.31. The first kappa shape index (κ1) is 36.6. The number of carboxylic acids is 1. The van der Waals surface area contributed by atoms with Gasteiger partial charge in [0.1, 0.15) is 12.1 Å². The normalized spacial score (nSPS) is 14.2. The van der Waals surface area contributed by atoms with Crippen LogP contribution in [0.3, 0.4) is 0 Å². The van der Waals surface area contributed by atoms with E-state index >= 15 is 0 Å². The average molecular weight is 708 g/mol. The third kappa shape index (κ3) is 8.05. The van der Waals surface area contributed by atoms with Crippen molar-refractivity contribution >= 4 is 40.8 Å². The summed E-state index contributed by atoms with van der Waals surface area (Å²) < 4.78 is 35.8. The summed E-state index contributed by atoms with van der Waals surface area (Å²) in [7, 11) is 1.26. The Bertz CT molecular complexity index is 1950. The first-order chi connectivity index (χ1) is 24.4. The Labute approximate surface area is 291 Å². The number of amides is 3. The fourth-order valence-corrected chi connectivity index (χ4v) is 5.83. The summed E-state index contributed by atoms with van der Waals surface area (Å²) in [6, 6.07) is 5.88. The van der Waals surface area contributed by atoms with Crippen molar-refractivity contribution in [3.8, 4) is 17.0 Å². The molecule has 0 bridgehead atoms. The molecule has 0 spiro atoms. The van der Waals surface area contributed by atoms with E-state index in [-0.39, 0.29) is 75.1 Å². The summed E-state index contributed by atoms with van der Waals surface area (Å²) in [5.74, 6) is -4.28. The van der Waals surface area contributed by atoms with Crippen LogP contribution in [0.2, 0.25) is 0 Å². The number of carbonyl (C=O) groups is 4. The summed E-state index contributed by atoms with van der Waals surface area (Å²) in [5.41, 5.74) is 13.6. The lowest BCUT2D eigenvalue weighted by Gasteiger charge is -2.36. The van der Waals surface area contributed by atoms with Gasteiger partial charge in [-0.25, -0.2) is 14.4 Å². The van der Waals surface area contributed by atoms with Crippen LogP contribution in [0.25, 0.3) is 16.9 Å². The summed E-state index contributed by atoms with van der Waals surface area (Å²) >= 11 is 0. The number of imidazole rings is 1. The van der Waals surface area contributed by atoms with Crippen LogP contribution in [0.5, 0.6) is 5.75 Å². The number of aryl methyl sites for hydroxylation is 1. The number of nitrogens with zero attached hydrogens (tertiary/aromatic N) is 5. The summed E-state index contributed by atoms with van der Waals surface area (Å²) in [6.07, 6.45) is 4.47. The van der Waals surface area contributed by atoms with E-state index in [1.807, 2.05) is 0 Å². The fraction of sp³-hybridized carbons (Fsp3) is 0.353. The number of nitrogens with one attached hydrogen (secondary N) is 2. The zero-order valence-electron chi connectivity index (χ0n) is 28.1. The number of aromatic nitrogens is 3. The molecule has 4 aromatic rings. The Hall–Kier alpha value is -5.68. The number of hydrogen-bond acceptors (Lipinski definition) is 10. The third-order valence-corrected chi connectivity index (χ3v) is 8.66. The van der Waals surface area contributed by atoms with Gasteiger partial charge in [0.05, 0.1) is 19.0 Å². The summed E-state index contributed by atoms with van der Waals surface area (Å²) in [5, 5.41) is 14.8. The lowest BCUT2D eigenvalue weighted by molar-refractivity contribution is -0.139. The van der Waals surface area contributed by atoms with E-state index in [9.17, 15) is 28.0 Å². The molecule has 0 radical (unpaired) electrons. The van der Waals surface area contributed by atoms with Gasteiger partial charge in [-0.3, -0.25) is 23.6 Å². The van der Waals surface area contributed by atoms with Crippen LogP contribution in [0.1, 0.15) is 35.2 Å². The number of halogens is 2. The number of piperazine rings is 1. The topological polar surface area (TPSA) is 211 Å². The number of rotatable bonds is 13. The highest BCUT2D eigenvalue weighted by Gasteiger charge is 2.30. The van der Waals surface area contributed by atoms with Gasteiger partial charge < -0.3 is 41.7 Å². The van der Waals surface area contributed by atoms with Gasteiger partial charge in [0.25, 0.3) is 5.91 Å². The van der Waals surface area contributed by atoms with Crippen molar-refractivity contribution in [3.05, 3.63) is 71.7 Å². The molecule has 2 aromatic heterocycles. The molecule has 7 N–H and O–H groups in total. The number of anilines is 2. The van der Waals surface area contributed by atoms with E-state index in [4.69, 9.17) is 21.3 Å². The van der Waals surface area contributed by atoms with Crippen molar-refractivity contribution in [1.29, 1.82) is 0 Å². The van der Waals surface area contributed by atoms with E-state index in [1.165, 1.54) is 31.6 Å². The molecule has 3 heterocycles. The van der Waals surface area contributed by atoms with Crippen LogP contribution >= 0.6 is 0 Å². The van der Waals surface area contributed by atoms with Crippen molar-refractivity contribution in [3.63, 3.8) is 0 Å². The Morgan fingerprint density at radius 1 is 1.02 bits per heavy atom. The molecule has 3 amide bonds. The van der Waals surface area contributed by atoms with Gasteiger partial charge in [-0.05, 0) is 62.2 Å². The molecule has 15 nitrogen and oxygen atoms in total. The Morgan fingerprint density at radius 2 is 1.75 bits per heavy atom. The van der Waals surface area contributed by atoms with E-state index in [0.717, 1.165) is 0 Å². The fourth-order valence-electron chi connectivity index (χ4n) is 5.83. The molecular weight excluding hydrogens is 668 g/mol. The van der Waals surface area contributed by atoms with Gasteiger partial charge >= 0.3 is 5.97 Å². The van der Waals surface area contributed by atoms with Crippen LogP contribution in [0.15, 0.2) is 48.9 Å². The lowest BCUT2D eigenvalue weighted by atomic mass is 10.1. The molecule has 2 aromatic carbocycles. The minimum atomic E-state index is -1.21. The number of benzene rings is 2. The van der Waals surface area contributed by atoms with E-state index < -0.39 is 35.6 Å². The van der Waals surface area contributed by atoms with Crippen LogP contribution in [0.4, 0.5) is 20.3 Å². The first-order valence-corrected chi connectivity index (χ1v) is 16.2. The second kappa shape index (κ2) is 15.9. The molecule has 0 saturated carbocycles. The summed E-state index contributed by atoms with van der Waals surface area (Å²) in [4.78, 5) is 62.1. The Balaban J connectivity index is 1.21. The van der Waals surface area contributed by atoms with Crippen LogP contribution < -0.4 is 26.8 Å². The molecule has 17 heteroatoms. The van der Waals surface area contributed by atoms with E-state index in [0.29, 0.717) is 34.0 Å². The van der Waals surface area contributed by atoms with Crippen molar-refractivity contribution < 1.29 is 37.8 Å². The molecule has 2 atom stereocenters. The summed E-state index contributed by atoms with van der Waals surface area (Å²) in [6.45, 7) is 2.98. The molecule has 1 aliphatic rings. The van der Waals surface area contributed by atoms with Gasteiger partial charge in [-0.15, -0.1) is 0 Å². The second-order valence-corrected chi connectivity index (χ2v) is 12.0. The SMILES string of the molecule is COc1ccc(-c2cnc3c(Nc4ccc(C(=O)N5CCN(C(=O)[C@H](CCN)NC(=O)CC[C@H](N)C(=O)O)CC5)c(C)c4)nccn23)c(F)c1F. The van der Waals surface area contributed by atoms with Gasteiger partial charge in [0.2, 0.25) is 17.6 Å². The van der Waals surface area contributed by atoms with Crippen LogP contribution in [-0.4, -0.2) is 105 Å². The number of fused-ring (bicyclic) bond motifs is 1. The lowest BCUT2D eigenvalue weighted by Crippen LogP contribution is -2.56. The highest BCUT2D eigenvalue weighted by atomic mass is 19.2. The largest absolute Gasteiger partial charge is 0.494 e. The Morgan fingerprint density at radius 3 is 2.41 bits per heavy atom. The maximum absolute atomic E-state index is 14.9. The van der Waals surface area contributed by atoms with Crippen molar-refractivity contribution in [1.82, 2.24) is 29.5 Å². The standard InChI is InChI=1S/C34H39F2N9O6/c1-19-17-20(41-30-31-40-18-25(45(31)12-11-39-30)22-5-7-26(51-2)29(36)28(22)35)3-4-21(19)32(47)43-13-15-44(16-14-43)33(48)24(9-10-37)42-27(46)8-6-23(38)34(49)50/h3-5,7,11-12,17-18,23-24H,6,8-10,13-16,37-38H2,1-2H3,(H,39,41)(H,42,46)(H,49,50)/t23-,24-/m0/s1. The number of methoxy groups -OCH3 is 1. The number of carboxylic acid groups (broad SMARTS) is 1. The maximum atomic E-state index is 14.9. The van der Waals surface area contributed by atoms with Gasteiger partial charge in [-0.2, -0.15) is 4.39 Å². The molecule has 0 aliphatic carbocycles. The number of ether oxygens (including phenoxy) is 1. The first-order valence-electron chi connectivity index (χ1n) is 16.2. The Kier molecular flexibility index (Phi) is 11.4. The van der Waals surface area contributed by atoms with E-state index in [2.05, 4.69) is 20.6 Å². The van der Waals surface area contributed by atoms with Gasteiger partial charge in [0.15, 0.2) is 23.0 Å². The van der Waals surface area contributed by atoms with E-state index in [1.54, 1.807) is 45.5 Å². The molecule has 0 unspecified atom stereocenters. The number of hydrogen-bond donors (Lipinski definition) is 5. The van der Waals surface area contributed by atoms with Crippen LogP contribution in [0, 0.1) is 18.6 Å². The molecule has 270 valence electrons. The molecule has 1 aliphatic heterocycles. The predicted octanol–water partition coefficient (Wildman–Crippen LogP) is 2.05. The number of carbonyl (C=O) groups excluding carboxylic acids is 3. The molecule has 51 heavy (non-hydrogen) atoms. The van der Waals surface area contributed by atoms with Gasteiger partial charge in [-0.1, -0.05) is 0 Å². The minimum absolute atomic E-state index is 0.000392. The monoisotopic (exact) mass is 707 g/mol. The quantitative estimate of drug-likeness (QED) is 0.136. The highest BCUT2D eigenvalue weighted by molar-refractivity contribution is 5.96. The predicted molar refractivity (Wildman–Crippen MR) is 182 cm³/mol. The smallest absolute Gasteiger partial charge is 0.320 e. The molecular formula is C34H39F2N9O6. The number of aliphatic carboxylic acids is 1. The third-order valence-electron chi connectivity index (χ3n) is 8.66. The van der Waals surface area contributed by atoms with Crippen molar-refractivity contribution in [2.24, 2.45) is 11.5 Å².